The quantitative estimate of drug-likeness (QED) is 0.312. The number of anilines is 1. The van der Waals surface area contributed by atoms with Gasteiger partial charge in [0.25, 0.3) is 0 Å². The predicted molar refractivity (Wildman–Crippen MR) is 131 cm³/mol. The van der Waals surface area contributed by atoms with Crippen LogP contribution in [0.4, 0.5) is 5.69 Å². The molecule has 0 saturated heterocycles. The summed E-state index contributed by atoms with van der Waals surface area (Å²) in [6.07, 6.45) is 0.485. The average Bonchev–Trinajstić information content (AvgIpc) is 2.70. The van der Waals surface area contributed by atoms with Crippen molar-refractivity contribution in [3.63, 3.8) is 0 Å². The van der Waals surface area contributed by atoms with Crippen LogP contribution in [0.15, 0.2) is 59.6 Å². The molecule has 1 heterocycles. The summed E-state index contributed by atoms with van der Waals surface area (Å²) >= 11 is 0. The monoisotopic (exact) mass is 506 g/mol. The maximum atomic E-state index is 12.0. The molecule has 2 aromatic carbocycles. The summed E-state index contributed by atoms with van der Waals surface area (Å²) in [5, 5.41) is 9.71. The van der Waals surface area contributed by atoms with Gasteiger partial charge in [-0.1, -0.05) is 62.4 Å². The van der Waals surface area contributed by atoms with Crippen LogP contribution in [0.2, 0.25) is 0 Å². The molecule has 0 radical (unpaired) electrons. The molecule has 0 aliphatic carbocycles. The van der Waals surface area contributed by atoms with E-state index in [1.807, 2.05) is 24.3 Å². The zero-order valence-electron chi connectivity index (χ0n) is 17.4. The molecule has 2 aromatic rings. The maximum absolute atomic E-state index is 12.0. The lowest BCUT2D eigenvalue weighted by Gasteiger charge is -2.27. The number of fused-ring (bicyclic) bond motifs is 1. The maximum Gasteiger partial charge on any atom is 0.225 e. The van der Waals surface area contributed by atoms with Crippen LogP contribution in [-0.4, -0.2) is 31.5 Å². The van der Waals surface area contributed by atoms with Gasteiger partial charge < -0.3 is 16.0 Å². The molecule has 5 nitrogen and oxygen atoms in total. The first-order valence-electron chi connectivity index (χ1n) is 9.96. The molecule has 1 atom stereocenters. The van der Waals surface area contributed by atoms with E-state index in [1.165, 1.54) is 11.1 Å². The van der Waals surface area contributed by atoms with Crippen LogP contribution in [-0.2, 0) is 10.2 Å². The molecular formula is C23H31IN4O. The molecule has 1 amide bonds. The number of para-hydroxylation sites is 1. The zero-order chi connectivity index (χ0) is 20.0. The van der Waals surface area contributed by atoms with Gasteiger partial charge in [0.2, 0.25) is 5.91 Å². The van der Waals surface area contributed by atoms with Crippen LogP contribution in [0.1, 0.15) is 44.2 Å². The van der Waals surface area contributed by atoms with Crippen LogP contribution in [0, 0.1) is 0 Å². The van der Waals surface area contributed by atoms with Gasteiger partial charge in [0, 0.05) is 36.5 Å². The minimum Gasteiger partial charge on any atom is -0.357 e. The van der Waals surface area contributed by atoms with Crippen LogP contribution in [0.5, 0.6) is 0 Å². The van der Waals surface area contributed by atoms with E-state index in [4.69, 9.17) is 4.99 Å². The molecule has 1 aliphatic rings. The van der Waals surface area contributed by atoms with Crippen LogP contribution in [0.25, 0.3) is 0 Å². The van der Waals surface area contributed by atoms with E-state index >= 15 is 0 Å². The van der Waals surface area contributed by atoms with Crippen LogP contribution < -0.4 is 16.0 Å². The highest BCUT2D eigenvalue weighted by Crippen LogP contribution is 2.31. The highest BCUT2D eigenvalue weighted by Gasteiger charge is 2.25. The first-order valence-corrected chi connectivity index (χ1v) is 9.96. The molecule has 0 fully saturated rings. The van der Waals surface area contributed by atoms with E-state index in [0.717, 1.165) is 18.2 Å². The minimum absolute atomic E-state index is 0. The smallest absolute Gasteiger partial charge is 0.225 e. The normalized spacial score (nSPS) is 16.3. The standard InChI is InChI=1S/C23H30N4O.HI/c1-4-24-22(26-16-23(2,3)18-10-6-5-7-11-18)25-15-17-14-21(28)27-20-13-9-8-12-19(17)20;/h5-13,17H,4,14-16H2,1-3H3,(H,27,28)(H2,24,25,26);1H. The summed E-state index contributed by atoms with van der Waals surface area (Å²) < 4.78 is 0. The van der Waals surface area contributed by atoms with Crippen molar-refractivity contribution in [2.45, 2.75) is 38.5 Å². The lowest BCUT2D eigenvalue weighted by molar-refractivity contribution is -0.116. The minimum atomic E-state index is -0.0546. The lowest BCUT2D eigenvalue weighted by atomic mass is 9.85. The van der Waals surface area contributed by atoms with Gasteiger partial charge in [0.15, 0.2) is 5.96 Å². The summed E-state index contributed by atoms with van der Waals surface area (Å²) in [5.74, 6) is 0.989. The fraction of sp³-hybridized carbons (Fsp3) is 0.391. The van der Waals surface area contributed by atoms with Gasteiger partial charge in [0.05, 0.1) is 6.54 Å². The largest absolute Gasteiger partial charge is 0.357 e. The van der Waals surface area contributed by atoms with Gasteiger partial charge in [-0.2, -0.15) is 0 Å². The van der Waals surface area contributed by atoms with Crippen molar-refractivity contribution in [2.75, 3.05) is 25.0 Å². The van der Waals surface area contributed by atoms with Crippen molar-refractivity contribution in [1.82, 2.24) is 10.6 Å². The van der Waals surface area contributed by atoms with E-state index in [2.05, 4.69) is 67.1 Å². The molecule has 1 unspecified atom stereocenters. The number of benzene rings is 2. The number of nitrogens with one attached hydrogen (secondary N) is 3. The second kappa shape index (κ2) is 10.6. The Morgan fingerprint density at radius 2 is 1.79 bits per heavy atom. The fourth-order valence-corrected chi connectivity index (χ4v) is 3.50. The van der Waals surface area contributed by atoms with Crippen molar-refractivity contribution in [1.29, 1.82) is 0 Å². The average molecular weight is 506 g/mol. The third-order valence-corrected chi connectivity index (χ3v) is 5.15. The molecule has 0 aromatic heterocycles. The molecule has 1 aliphatic heterocycles. The van der Waals surface area contributed by atoms with E-state index < -0.39 is 0 Å². The fourth-order valence-electron chi connectivity index (χ4n) is 3.50. The number of carbonyl (C=O) groups excluding carboxylic acids is 1. The Morgan fingerprint density at radius 3 is 2.52 bits per heavy atom. The van der Waals surface area contributed by atoms with Crippen molar-refractivity contribution in [2.24, 2.45) is 4.99 Å². The molecule has 0 spiro atoms. The summed E-state index contributed by atoms with van der Waals surface area (Å²) in [6, 6.07) is 18.5. The Morgan fingerprint density at radius 1 is 1.10 bits per heavy atom. The number of rotatable bonds is 6. The Balaban J connectivity index is 0.00000300. The first-order chi connectivity index (χ1) is 13.5. The number of hydrogen-bond acceptors (Lipinski definition) is 2. The van der Waals surface area contributed by atoms with E-state index in [-0.39, 0.29) is 41.2 Å². The Labute approximate surface area is 190 Å². The summed E-state index contributed by atoms with van der Waals surface area (Å²) in [4.78, 5) is 16.9. The molecule has 3 rings (SSSR count). The number of aliphatic imine (C=N–C) groups is 1. The third kappa shape index (κ3) is 6.19. The number of carbonyl (C=O) groups is 1. The highest BCUT2D eigenvalue weighted by atomic mass is 127. The molecule has 3 N–H and O–H groups in total. The Kier molecular flexibility index (Phi) is 8.49. The van der Waals surface area contributed by atoms with Crippen molar-refractivity contribution in [3.8, 4) is 0 Å². The Bertz CT molecular complexity index is 836. The third-order valence-electron chi connectivity index (χ3n) is 5.15. The van der Waals surface area contributed by atoms with Gasteiger partial charge in [-0.3, -0.25) is 9.79 Å². The van der Waals surface area contributed by atoms with Crippen LogP contribution in [0.3, 0.4) is 0 Å². The van der Waals surface area contributed by atoms with Gasteiger partial charge in [0.1, 0.15) is 0 Å². The van der Waals surface area contributed by atoms with Gasteiger partial charge in [-0.05, 0) is 24.1 Å². The van der Waals surface area contributed by atoms with E-state index in [9.17, 15) is 4.79 Å². The second-order valence-electron chi connectivity index (χ2n) is 7.86. The first kappa shape index (κ1) is 23.2. The second-order valence-corrected chi connectivity index (χ2v) is 7.86. The number of amides is 1. The van der Waals surface area contributed by atoms with Crippen molar-refractivity contribution >= 4 is 41.5 Å². The Hall–Kier alpha value is -2.09. The molecule has 156 valence electrons. The van der Waals surface area contributed by atoms with Gasteiger partial charge in [-0.25, -0.2) is 0 Å². The number of halogens is 1. The van der Waals surface area contributed by atoms with E-state index in [0.29, 0.717) is 19.5 Å². The highest BCUT2D eigenvalue weighted by molar-refractivity contribution is 14.0. The summed E-state index contributed by atoms with van der Waals surface area (Å²) in [7, 11) is 0. The van der Waals surface area contributed by atoms with Crippen molar-refractivity contribution in [3.05, 3.63) is 65.7 Å². The zero-order valence-corrected chi connectivity index (χ0v) is 19.7. The number of guanidine groups is 1. The molecular weight excluding hydrogens is 475 g/mol. The van der Waals surface area contributed by atoms with Crippen LogP contribution >= 0.6 is 24.0 Å². The SMILES string of the molecule is CCNC(=NCC(C)(C)c1ccccc1)NCC1CC(=O)Nc2ccccc21.I. The van der Waals surface area contributed by atoms with Crippen molar-refractivity contribution < 1.29 is 4.79 Å². The topological polar surface area (TPSA) is 65.5 Å². The summed E-state index contributed by atoms with van der Waals surface area (Å²) in [5.41, 5.74) is 3.31. The predicted octanol–water partition coefficient (Wildman–Crippen LogP) is 4.26. The lowest BCUT2D eigenvalue weighted by Crippen LogP contribution is -2.41. The van der Waals surface area contributed by atoms with Gasteiger partial charge >= 0.3 is 0 Å². The summed E-state index contributed by atoms with van der Waals surface area (Å²) in [6.45, 7) is 8.60. The van der Waals surface area contributed by atoms with E-state index in [1.54, 1.807) is 0 Å². The van der Waals surface area contributed by atoms with Gasteiger partial charge in [-0.15, -0.1) is 24.0 Å². The molecule has 0 bridgehead atoms. The molecule has 6 heteroatoms. The number of nitrogens with zero attached hydrogens (tertiary/aromatic N) is 1. The molecule has 29 heavy (non-hydrogen) atoms. The number of hydrogen-bond donors (Lipinski definition) is 3. The molecule has 0 saturated carbocycles.